The summed E-state index contributed by atoms with van der Waals surface area (Å²) < 4.78 is 5.12. The van der Waals surface area contributed by atoms with Crippen LogP contribution in [-0.4, -0.2) is 37.7 Å². The number of amides is 2. The van der Waals surface area contributed by atoms with Crippen molar-refractivity contribution in [2.24, 2.45) is 0 Å². The fourth-order valence-corrected chi connectivity index (χ4v) is 2.05. The van der Waals surface area contributed by atoms with Crippen molar-refractivity contribution in [3.8, 4) is 5.75 Å². The van der Waals surface area contributed by atoms with Crippen molar-refractivity contribution < 1.29 is 9.53 Å². The predicted octanol–water partition coefficient (Wildman–Crippen LogP) is 2.90. The van der Waals surface area contributed by atoms with Crippen LogP contribution >= 0.6 is 0 Å². The van der Waals surface area contributed by atoms with Gasteiger partial charge in [0.25, 0.3) is 0 Å². The van der Waals surface area contributed by atoms with Crippen LogP contribution in [-0.2, 0) is 0 Å². The van der Waals surface area contributed by atoms with E-state index in [9.17, 15) is 4.79 Å². The Morgan fingerprint density at radius 1 is 1.26 bits per heavy atom. The summed E-state index contributed by atoms with van der Waals surface area (Å²) in [6, 6.07) is 7.66. The predicted molar refractivity (Wildman–Crippen MR) is 76.7 cm³/mol. The summed E-state index contributed by atoms with van der Waals surface area (Å²) in [5.74, 6) is 0.803. The molecule has 1 aromatic carbocycles. The minimum atomic E-state index is 0.0719. The van der Waals surface area contributed by atoms with Gasteiger partial charge < -0.3 is 9.64 Å². The SMILES string of the molecule is COc1ccc(N2CCN(CC=C(C)C)C2=O)cc1. The van der Waals surface area contributed by atoms with Crippen molar-refractivity contribution in [3.63, 3.8) is 0 Å². The Balaban J connectivity index is 2.06. The maximum absolute atomic E-state index is 12.3. The summed E-state index contributed by atoms with van der Waals surface area (Å²) in [4.78, 5) is 15.9. The van der Waals surface area contributed by atoms with E-state index in [0.717, 1.165) is 24.5 Å². The van der Waals surface area contributed by atoms with E-state index in [2.05, 4.69) is 6.08 Å². The second-order valence-corrected chi connectivity index (χ2v) is 4.86. The van der Waals surface area contributed by atoms with Crippen LogP contribution in [0.5, 0.6) is 5.75 Å². The van der Waals surface area contributed by atoms with E-state index in [1.165, 1.54) is 5.57 Å². The van der Waals surface area contributed by atoms with Crippen molar-refractivity contribution in [1.29, 1.82) is 0 Å². The average molecular weight is 260 g/mol. The normalized spacial score (nSPS) is 14.8. The van der Waals surface area contributed by atoms with Gasteiger partial charge in [-0.15, -0.1) is 0 Å². The Morgan fingerprint density at radius 2 is 1.95 bits per heavy atom. The van der Waals surface area contributed by atoms with Gasteiger partial charge in [-0.3, -0.25) is 4.90 Å². The number of hydrogen-bond donors (Lipinski definition) is 0. The van der Waals surface area contributed by atoms with Gasteiger partial charge in [0.1, 0.15) is 5.75 Å². The highest BCUT2D eigenvalue weighted by molar-refractivity contribution is 5.94. The Kier molecular flexibility index (Phi) is 4.10. The summed E-state index contributed by atoms with van der Waals surface area (Å²) in [6.45, 7) is 6.29. The summed E-state index contributed by atoms with van der Waals surface area (Å²) in [5.41, 5.74) is 2.15. The number of carbonyl (C=O) groups excluding carboxylic acids is 1. The molecule has 1 saturated heterocycles. The van der Waals surface area contributed by atoms with Crippen molar-refractivity contribution >= 4 is 11.7 Å². The summed E-state index contributed by atoms with van der Waals surface area (Å²) in [7, 11) is 1.64. The number of nitrogens with zero attached hydrogens (tertiary/aromatic N) is 2. The van der Waals surface area contributed by atoms with E-state index in [4.69, 9.17) is 4.74 Å². The highest BCUT2D eigenvalue weighted by Crippen LogP contribution is 2.23. The van der Waals surface area contributed by atoms with E-state index in [1.54, 1.807) is 12.0 Å². The van der Waals surface area contributed by atoms with Crippen LogP contribution in [0.3, 0.4) is 0 Å². The molecular weight excluding hydrogens is 240 g/mol. The number of allylic oxidation sites excluding steroid dienone is 1. The fraction of sp³-hybridized carbons (Fsp3) is 0.400. The van der Waals surface area contributed by atoms with Crippen LogP contribution in [0.25, 0.3) is 0 Å². The van der Waals surface area contributed by atoms with Crippen LogP contribution in [0, 0.1) is 0 Å². The monoisotopic (exact) mass is 260 g/mol. The number of rotatable bonds is 4. The van der Waals surface area contributed by atoms with Gasteiger partial charge in [-0.25, -0.2) is 4.79 Å². The van der Waals surface area contributed by atoms with Gasteiger partial charge in [0.15, 0.2) is 0 Å². The maximum Gasteiger partial charge on any atom is 0.324 e. The van der Waals surface area contributed by atoms with Gasteiger partial charge in [-0.05, 0) is 38.1 Å². The third-order valence-corrected chi connectivity index (χ3v) is 3.20. The third kappa shape index (κ3) is 3.08. The molecule has 19 heavy (non-hydrogen) atoms. The van der Waals surface area contributed by atoms with Crippen LogP contribution in [0.1, 0.15) is 13.8 Å². The van der Waals surface area contributed by atoms with Gasteiger partial charge >= 0.3 is 6.03 Å². The zero-order valence-electron chi connectivity index (χ0n) is 11.7. The first-order chi connectivity index (χ1) is 9.11. The smallest absolute Gasteiger partial charge is 0.324 e. The zero-order valence-corrected chi connectivity index (χ0v) is 11.7. The highest BCUT2D eigenvalue weighted by Gasteiger charge is 2.28. The molecule has 0 saturated carbocycles. The highest BCUT2D eigenvalue weighted by atomic mass is 16.5. The van der Waals surface area contributed by atoms with Gasteiger partial charge in [-0.1, -0.05) is 11.6 Å². The van der Waals surface area contributed by atoms with Gasteiger partial charge in [0.2, 0.25) is 0 Å². The first kappa shape index (κ1) is 13.5. The molecule has 0 aromatic heterocycles. The molecule has 4 nitrogen and oxygen atoms in total. The Hall–Kier alpha value is -1.97. The molecule has 2 amide bonds. The second kappa shape index (κ2) is 5.78. The molecule has 102 valence electrons. The minimum absolute atomic E-state index is 0.0719. The Bertz CT molecular complexity index is 475. The van der Waals surface area contributed by atoms with Crippen molar-refractivity contribution in [2.75, 3.05) is 31.6 Å². The molecule has 0 spiro atoms. The lowest BCUT2D eigenvalue weighted by molar-refractivity contribution is 0.225. The number of ether oxygens (including phenoxy) is 1. The van der Waals surface area contributed by atoms with Crippen LogP contribution in [0.4, 0.5) is 10.5 Å². The van der Waals surface area contributed by atoms with Gasteiger partial charge in [0, 0.05) is 25.3 Å². The third-order valence-electron chi connectivity index (χ3n) is 3.20. The van der Waals surface area contributed by atoms with Crippen molar-refractivity contribution in [1.82, 2.24) is 4.90 Å². The lowest BCUT2D eigenvalue weighted by Crippen LogP contribution is -2.31. The van der Waals surface area contributed by atoms with E-state index in [-0.39, 0.29) is 6.03 Å². The average Bonchev–Trinajstić information content (AvgIpc) is 2.78. The molecule has 1 aliphatic heterocycles. The number of anilines is 1. The Morgan fingerprint density at radius 3 is 2.53 bits per heavy atom. The van der Waals surface area contributed by atoms with Crippen LogP contribution < -0.4 is 9.64 Å². The molecule has 0 unspecified atom stereocenters. The fourth-order valence-electron chi connectivity index (χ4n) is 2.05. The lowest BCUT2D eigenvalue weighted by atomic mass is 10.3. The first-order valence-electron chi connectivity index (χ1n) is 6.45. The van der Waals surface area contributed by atoms with E-state index in [0.29, 0.717) is 6.54 Å². The molecule has 2 rings (SSSR count). The summed E-state index contributed by atoms with van der Waals surface area (Å²) in [5, 5.41) is 0. The Labute approximate surface area is 114 Å². The number of urea groups is 1. The lowest BCUT2D eigenvalue weighted by Gasteiger charge is -2.18. The van der Waals surface area contributed by atoms with E-state index in [1.807, 2.05) is 43.0 Å². The molecule has 1 fully saturated rings. The molecule has 1 aliphatic rings. The first-order valence-corrected chi connectivity index (χ1v) is 6.45. The molecular formula is C15H20N2O2. The van der Waals surface area contributed by atoms with Crippen molar-refractivity contribution in [2.45, 2.75) is 13.8 Å². The van der Waals surface area contributed by atoms with Crippen LogP contribution in [0.15, 0.2) is 35.9 Å². The van der Waals surface area contributed by atoms with Crippen LogP contribution in [0.2, 0.25) is 0 Å². The molecule has 0 radical (unpaired) electrons. The molecule has 1 heterocycles. The minimum Gasteiger partial charge on any atom is -0.497 e. The van der Waals surface area contributed by atoms with E-state index < -0.39 is 0 Å². The molecule has 0 atom stereocenters. The molecule has 0 N–H and O–H groups in total. The summed E-state index contributed by atoms with van der Waals surface area (Å²) >= 11 is 0. The largest absolute Gasteiger partial charge is 0.497 e. The number of benzene rings is 1. The molecule has 0 aliphatic carbocycles. The summed E-state index contributed by atoms with van der Waals surface area (Å²) in [6.07, 6.45) is 2.08. The molecule has 1 aromatic rings. The van der Waals surface area contributed by atoms with Gasteiger partial charge in [0.05, 0.1) is 7.11 Å². The quantitative estimate of drug-likeness (QED) is 0.780. The number of carbonyl (C=O) groups is 1. The van der Waals surface area contributed by atoms with Crippen molar-refractivity contribution in [3.05, 3.63) is 35.9 Å². The topological polar surface area (TPSA) is 32.8 Å². The van der Waals surface area contributed by atoms with Gasteiger partial charge in [-0.2, -0.15) is 0 Å². The standard InChI is InChI=1S/C15H20N2O2/c1-12(2)8-9-16-10-11-17(15(16)18)13-4-6-14(19-3)7-5-13/h4-8H,9-11H2,1-3H3. The second-order valence-electron chi connectivity index (χ2n) is 4.86. The molecule has 0 bridgehead atoms. The number of hydrogen-bond acceptors (Lipinski definition) is 2. The number of methoxy groups -OCH3 is 1. The zero-order chi connectivity index (χ0) is 13.8. The molecule has 4 heteroatoms. The maximum atomic E-state index is 12.3. The van der Waals surface area contributed by atoms with E-state index >= 15 is 0 Å².